The van der Waals surface area contributed by atoms with Crippen LogP contribution in [0.1, 0.15) is 35.8 Å². The molecule has 1 aromatic carbocycles. The Bertz CT molecular complexity index is 676. The van der Waals surface area contributed by atoms with Gasteiger partial charge in [0.1, 0.15) is 5.69 Å². The third-order valence-corrected chi connectivity index (χ3v) is 4.25. The highest BCUT2D eigenvalue weighted by molar-refractivity contribution is 6.02. The first-order valence-corrected chi connectivity index (χ1v) is 8.08. The predicted octanol–water partition coefficient (Wildman–Crippen LogP) is 3.27. The second-order valence-electron chi connectivity index (χ2n) is 6.23. The van der Waals surface area contributed by atoms with E-state index in [1.54, 1.807) is 12.3 Å². The molecule has 0 unspecified atom stereocenters. The van der Waals surface area contributed by atoms with E-state index in [-0.39, 0.29) is 5.91 Å². The zero-order chi connectivity index (χ0) is 16.2. The zero-order valence-electron chi connectivity index (χ0n) is 13.6. The van der Waals surface area contributed by atoms with Crippen LogP contribution in [-0.4, -0.2) is 29.0 Å². The number of benzene rings is 1. The minimum atomic E-state index is -0.206. The first kappa shape index (κ1) is 15.5. The molecular weight excluding hydrogens is 288 g/mol. The summed E-state index contributed by atoms with van der Waals surface area (Å²) in [4.78, 5) is 23.3. The quantitative estimate of drug-likeness (QED) is 0.945. The normalized spacial score (nSPS) is 15.5. The summed E-state index contributed by atoms with van der Waals surface area (Å²) in [5, 5.41) is 2.87. The molecule has 0 spiro atoms. The van der Waals surface area contributed by atoms with E-state index in [2.05, 4.69) is 27.1 Å². The third kappa shape index (κ3) is 3.86. The van der Waals surface area contributed by atoms with E-state index in [1.807, 2.05) is 31.2 Å². The maximum Gasteiger partial charge on any atom is 0.274 e. The number of rotatable bonds is 3. The molecule has 1 fully saturated rings. The number of hydrogen-bond acceptors (Lipinski definition) is 4. The molecule has 5 nitrogen and oxygen atoms in total. The van der Waals surface area contributed by atoms with Crippen molar-refractivity contribution < 1.29 is 4.79 Å². The molecule has 0 saturated carbocycles. The van der Waals surface area contributed by atoms with Crippen molar-refractivity contribution in [3.05, 3.63) is 47.8 Å². The fraction of sp³-hybridized carbons (Fsp3) is 0.389. The lowest BCUT2D eigenvalue weighted by Gasteiger charge is -2.30. The van der Waals surface area contributed by atoms with Crippen molar-refractivity contribution in [3.8, 4) is 0 Å². The Balaban J connectivity index is 1.71. The van der Waals surface area contributed by atoms with Crippen molar-refractivity contribution in [3.63, 3.8) is 0 Å². The number of hydrogen-bond donors (Lipinski definition) is 1. The van der Waals surface area contributed by atoms with E-state index in [4.69, 9.17) is 0 Å². The topological polar surface area (TPSA) is 58.1 Å². The van der Waals surface area contributed by atoms with E-state index >= 15 is 0 Å². The van der Waals surface area contributed by atoms with Gasteiger partial charge in [0.15, 0.2) is 0 Å². The lowest BCUT2D eigenvalue weighted by molar-refractivity contribution is 0.102. The highest BCUT2D eigenvalue weighted by Gasteiger charge is 2.19. The van der Waals surface area contributed by atoms with Crippen LogP contribution in [0.2, 0.25) is 0 Å². The molecule has 3 rings (SSSR count). The number of nitrogens with zero attached hydrogens (tertiary/aromatic N) is 3. The summed E-state index contributed by atoms with van der Waals surface area (Å²) < 4.78 is 0. The van der Waals surface area contributed by atoms with Crippen LogP contribution >= 0.6 is 0 Å². The number of anilines is 2. The molecule has 0 bridgehead atoms. The number of nitrogens with one attached hydrogen (secondary N) is 1. The number of amides is 1. The minimum Gasteiger partial charge on any atom is -0.341 e. The second kappa shape index (κ2) is 6.77. The monoisotopic (exact) mass is 310 g/mol. The molecule has 0 aliphatic carbocycles. The van der Waals surface area contributed by atoms with Gasteiger partial charge in [0.2, 0.25) is 5.95 Å². The fourth-order valence-electron chi connectivity index (χ4n) is 2.67. The largest absolute Gasteiger partial charge is 0.341 e. The summed E-state index contributed by atoms with van der Waals surface area (Å²) in [7, 11) is 0. The molecule has 0 radical (unpaired) electrons. The summed E-state index contributed by atoms with van der Waals surface area (Å²) in [6.07, 6.45) is 3.94. The van der Waals surface area contributed by atoms with Crippen molar-refractivity contribution in [2.24, 2.45) is 5.92 Å². The smallest absolute Gasteiger partial charge is 0.274 e. The van der Waals surface area contributed by atoms with E-state index in [9.17, 15) is 4.79 Å². The maximum absolute atomic E-state index is 12.4. The van der Waals surface area contributed by atoms with Crippen molar-refractivity contribution in [1.82, 2.24) is 9.97 Å². The van der Waals surface area contributed by atoms with Crippen LogP contribution in [0.4, 0.5) is 11.6 Å². The Hall–Kier alpha value is -2.43. The van der Waals surface area contributed by atoms with Crippen LogP contribution in [0, 0.1) is 12.8 Å². The van der Waals surface area contributed by atoms with Crippen molar-refractivity contribution in [2.75, 3.05) is 23.3 Å². The molecule has 1 amide bonds. The van der Waals surface area contributed by atoms with Gasteiger partial charge in [-0.2, -0.15) is 0 Å². The van der Waals surface area contributed by atoms with E-state index < -0.39 is 0 Å². The maximum atomic E-state index is 12.4. The number of piperidine rings is 1. The molecule has 1 aromatic heterocycles. The number of aryl methyl sites for hydroxylation is 1. The average Bonchev–Trinajstić information content (AvgIpc) is 2.58. The van der Waals surface area contributed by atoms with Gasteiger partial charge < -0.3 is 10.2 Å². The standard InChI is InChI=1S/C18H22N4O/c1-13-3-5-15(6-4-13)20-17(23)16-7-10-19-18(21-16)22-11-8-14(2)9-12-22/h3-7,10,14H,8-9,11-12H2,1-2H3,(H,20,23). The summed E-state index contributed by atoms with van der Waals surface area (Å²) in [6, 6.07) is 9.37. The molecule has 1 saturated heterocycles. The van der Waals surface area contributed by atoms with Gasteiger partial charge in [0.25, 0.3) is 5.91 Å². The van der Waals surface area contributed by atoms with Gasteiger partial charge in [-0.3, -0.25) is 4.79 Å². The third-order valence-electron chi connectivity index (χ3n) is 4.25. The Morgan fingerprint density at radius 1 is 1.17 bits per heavy atom. The molecule has 120 valence electrons. The van der Waals surface area contributed by atoms with Gasteiger partial charge in [-0.15, -0.1) is 0 Å². The van der Waals surface area contributed by atoms with E-state index in [0.29, 0.717) is 11.6 Å². The van der Waals surface area contributed by atoms with Crippen LogP contribution in [0.25, 0.3) is 0 Å². The summed E-state index contributed by atoms with van der Waals surface area (Å²) in [5.41, 5.74) is 2.33. The Morgan fingerprint density at radius 2 is 1.87 bits per heavy atom. The summed E-state index contributed by atoms with van der Waals surface area (Å²) in [5.74, 6) is 1.19. The molecule has 1 aliphatic rings. The molecular formula is C18H22N4O. The number of carbonyl (C=O) groups is 1. The van der Waals surface area contributed by atoms with Gasteiger partial charge >= 0.3 is 0 Å². The summed E-state index contributed by atoms with van der Waals surface area (Å²) in [6.45, 7) is 6.18. The Morgan fingerprint density at radius 3 is 2.57 bits per heavy atom. The van der Waals surface area contributed by atoms with Crippen molar-refractivity contribution in [1.29, 1.82) is 0 Å². The first-order valence-electron chi connectivity index (χ1n) is 8.08. The van der Waals surface area contributed by atoms with E-state index in [1.165, 1.54) is 0 Å². The molecule has 5 heteroatoms. The van der Waals surface area contributed by atoms with Gasteiger partial charge in [-0.05, 0) is 43.9 Å². The predicted molar refractivity (Wildman–Crippen MR) is 91.8 cm³/mol. The van der Waals surface area contributed by atoms with Crippen LogP contribution in [0.5, 0.6) is 0 Å². The van der Waals surface area contributed by atoms with Gasteiger partial charge in [-0.25, -0.2) is 9.97 Å². The molecule has 23 heavy (non-hydrogen) atoms. The molecule has 1 N–H and O–H groups in total. The van der Waals surface area contributed by atoms with Crippen LogP contribution in [0.3, 0.4) is 0 Å². The van der Waals surface area contributed by atoms with Gasteiger partial charge in [0.05, 0.1) is 0 Å². The molecule has 0 atom stereocenters. The van der Waals surface area contributed by atoms with Crippen LogP contribution < -0.4 is 10.2 Å². The molecule has 2 aromatic rings. The summed E-state index contributed by atoms with van der Waals surface area (Å²) >= 11 is 0. The molecule has 1 aliphatic heterocycles. The average molecular weight is 310 g/mol. The van der Waals surface area contributed by atoms with Crippen molar-refractivity contribution in [2.45, 2.75) is 26.7 Å². The first-order chi connectivity index (χ1) is 11.1. The van der Waals surface area contributed by atoms with Gasteiger partial charge in [0, 0.05) is 25.0 Å². The number of carbonyl (C=O) groups excluding carboxylic acids is 1. The highest BCUT2D eigenvalue weighted by atomic mass is 16.1. The fourth-order valence-corrected chi connectivity index (χ4v) is 2.67. The lowest BCUT2D eigenvalue weighted by Crippen LogP contribution is -2.34. The van der Waals surface area contributed by atoms with E-state index in [0.717, 1.165) is 43.1 Å². The SMILES string of the molecule is Cc1ccc(NC(=O)c2ccnc(N3CCC(C)CC3)n2)cc1. The van der Waals surface area contributed by atoms with Crippen LogP contribution in [0.15, 0.2) is 36.5 Å². The highest BCUT2D eigenvalue weighted by Crippen LogP contribution is 2.20. The lowest BCUT2D eigenvalue weighted by atomic mass is 10.00. The second-order valence-corrected chi connectivity index (χ2v) is 6.23. The Labute approximate surface area is 136 Å². The molecule has 2 heterocycles. The minimum absolute atomic E-state index is 0.206. The zero-order valence-corrected chi connectivity index (χ0v) is 13.6. The Kier molecular flexibility index (Phi) is 4.55. The number of aromatic nitrogens is 2. The van der Waals surface area contributed by atoms with Crippen molar-refractivity contribution >= 4 is 17.5 Å². The van der Waals surface area contributed by atoms with Crippen LogP contribution in [-0.2, 0) is 0 Å². The van der Waals surface area contributed by atoms with Gasteiger partial charge in [-0.1, -0.05) is 24.6 Å².